The molecule has 0 atom stereocenters. The maximum atomic E-state index is 12.9. The zero-order chi connectivity index (χ0) is 23.2. The van der Waals surface area contributed by atoms with E-state index in [2.05, 4.69) is 15.3 Å². The second-order valence-corrected chi connectivity index (χ2v) is 9.57. The monoisotopic (exact) mass is 458 g/mol. The van der Waals surface area contributed by atoms with Crippen molar-refractivity contribution in [1.82, 2.24) is 29.8 Å². The lowest BCUT2D eigenvalue weighted by atomic mass is 10.0. The maximum absolute atomic E-state index is 12.9. The minimum Gasteiger partial charge on any atom is -0.356 e. The van der Waals surface area contributed by atoms with Crippen molar-refractivity contribution in [2.45, 2.75) is 64.3 Å². The normalized spacial score (nSPS) is 18.9. The highest BCUT2D eigenvalue weighted by Crippen LogP contribution is 2.25. The first-order chi connectivity index (χ1) is 16.0. The topological polar surface area (TPSA) is 90.8 Å². The van der Waals surface area contributed by atoms with Crippen LogP contribution in [0.2, 0.25) is 0 Å². The van der Waals surface area contributed by atoms with Gasteiger partial charge in [0, 0.05) is 70.3 Å². The molecular weight excluding hydrogens is 420 g/mol. The Morgan fingerprint density at radius 1 is 0.909 bits per heavy atom. The molecule has 0 saturated carbocycles. The molecule has 2 saturated heterocycles. The minimum atomic E-state index is -0.0639. The zero-order valence-electron chi connectivity index (χ0n) is 20.0. The summed E-state index contributed by atoms with van der Waals surface area (Å²) < 4.78 is 1.79. The maximum Gasteiger partial charge on any atom is 0.274 e. The number of aromatic nitrogens is 2. The Bertz CT molecular complexity index is 855. The zero-order valence-corrected chi connectivity index (χ0v) is 20.0. The van der Waals surface area contributed by atoms with Crippen LogP contribution in [0.5, 0.6) is 0 Å². The summed E-state index contributed by atoms with van der Waals surface area (Å²) in [6, 6.07) is 0. The van der Waals surface area contributed by atoms with Crippen molar-refractivity contribution in [3.8, 4) is 0 Å². The van der Waals surface area contributed by atoms with Gasteiger partial charge in [0.25, 0.3) is 5.91 Å². The van der Waals surface area contributed by atoms with Gasteiger partial charge in [-0.05, 0) is 51.7 Å². The summed E-state index contributed by atoms with van der Waals surface area (Å²) in [6.45, 7) is 6.58. The molecule has 1 aromatic rings. The molecule has 0 radical (unpaired) electrons. The third kappa shape index (κ3) is 5.93. The standard InChI is InChI=1S/C24H38N6O3/c1-27-20-10-17-30(18-19(20)23(26-27)24(33)29-15-5-6-16-29)22(32)9-8-21(31)25-11-7-14-28-12-3-2-4-13-28/h2-18H2,1H3,(H,25,31). The predicted octanol–water partition coefficient (Wildman–Crippen LogP) is 1.31. The lowest BCUT2D eigenvalue weighted by Gasteiger charge is -2.28. The van der Waals surface area contributed by atoms with Crippen molar-refractivity contribution in [2.75, 3.05) is 45.8 Å². The number of hydrogen-bond donors (Lipinski definition) is 1. The molecule has 3 amide bonds. The van der Waals surface area contributed by atoms with E-state index in [1.165, 1.54) is 32.4 Å². The number of rotatable bonds is 8. The molecule has 0 aromatic carbocycles. The molecule has 0 unspecified atom stereocenters. The smallest absolute Gasteiger partial charge is 0.274 e. The van der Waals surface area contributed by atoms with E-state index in [1.54, 1.807) is 9.58 Å². The Morgan fingerprint density at radius 3 is 2.39 bits per heavy atom. The van der Waals surface area contributed by atoms with Crippen LogP contribution in [-0.2, 0) is 29.6 Å². The highest BCUT2D eigenvalue weighted by molar-refractivity contribution is 5.94. The Morgan fingerprint density at radius 2 is 1.64 bits per heavy atom. The Labute approximate surface area is 196 Å². The third-order valence-electron chi connectivity index (χ3n) is 7.18. The Balaban J connectivity index is 1.22. The first-order valence-electron chi connectivity index (χ1n) is 12.6. The number of nitrogens with one attached hydrogen (secondary N) is 1. The van der Waals surface area contributed by atoms with Crippen LogP contribution in [0.4, 0.5) is 0 Å². The van der Waals surface area contributed by atoms with Crippen molar-refractivity contribution in [2.24, 2.45) is 7.05 Å². The Hall–Kier alpha value is -2.42. The molecule has 1 aromatic heterocycles. The van der Waals surface area contributed by atoms with Crippen molar-refractivity contribution in [3.63, 3.8) is 0 Å². The van der Waals surface area contributed by atoms with Gasteiger partial charge in [-0.25, -0.2) is 0 Å². The summed E-state index contributed by atoms with van der Waals surface area (Å²) in [7, 11) is 1.87. The van der Waals surface area contributed by atoms with E-state index in [4.69, 9.17) is 0 Å². The van der Waals surface area contributed by atoms with Crippen LogP contribution in [0.3, 0.4) is 0 Å². The van der Waals surface area contributed by atoms with E-state index in [1.807, 2.05) is 11.9 Å². The van der Waals surface area contributed by atoms with Gasteiger partial charge in [0.1, 0.15) is 0 Å². The molecule has 9 nitrogen and oxygen atoms in total. The molecule has 4 heterocycles. The predicted molar refractivity (Wildman–Crippen MR) is 125 cm³/mol. The number of amides is 3. The number of piperidine rings is 1. The number of aryl methyl sites for hydroxylation is 1. The molecular formula is C24H38N6O3. The van der Waals surface area contributed by atoms with Gasteiger partial charge in [0.05, 0.1) is 0 Å². The molecule has 0 aliphatic carbocycles. The number of carbonyl (C=O) groups is 3. The molecule has 2 fully saturated rings. The van der Waals surface area contributed by atoms with Gasteiger partial charge < -0.3 is 20.0 Å². The quantitative estimate of drug-likeness (QED) is 0.594. The van der Waals surface area contributed by atoms with Crippen molar-refractivity contribution in [1.29, 1.82) is 0 Å². The van der Waals surface area contributed by atoms with Crippen molar-refractivity contribution in [3.05, 3.63) is 17.0 Å². The van der Waals surface area contributed by atoms with Crippen LogP contribution in [-0.4, -0.2) is 88.0 Å². The van der Waals surface area contributed by atoms with Gasteiger partial charge in [-0.3, -0.25) is 19.1 Å². The second kappa shape index (κ2) is 11.1. The van der Waals surface area contributed by atoms with Crippen molar-refractivity contribution < 1.29 is 14.4 Å². The summed E-state index contributed by atoms with van der Waals surface area (Å²) >= 11 is 0. The molecule has 1 N–H and O–H groups in total. The minimum absolute atomic E-state index is 0.0254. The lowest BCUT2D eigenvalue weighted by molar-refractivity contribution is -0.134. The fourth-order valence-corrected chi connectivity index (χ4v) is 5.23. The summed E-state index contributed by atoms with van der Waals surface area (Å²) in [5.41, 5.74) is 2.39. The van der Waals surface area contributed by atoms with Gasteiger partial charge in [0.2, 0.25) is 11.8 Å². The molecule has 0 spiro atoms. The van der Waals surface area contributed by atoms with Gasteiger partial charge in [0.15, 0.2) is 5.69 Å². The number of hydrogen-bond acceptors (Lipinski definition) is 5. The van der Waals surface area contributed by atoms with Crippen LogP contribution in [0.15, 0.2) is 0 Å². The summed E-state index contributed by atoms with van der Waals surface area (Å²) in [5, 5.41) is 7.46. The van der Waals surface area contributed by atoms with Gasteiger partial charge in [-0.2, -0.15) is 5.10 Å². The number of fused-ring (bicyclic) bond motifs is 1. The fraction of sp³-hybridized carbons (Fsp3) is 0.750. The SMILES string of the molecule is Cn1nc(C(=O)N2CCCC2)c2c1CCN(C(=O)CCC(=O)NCCCN1CCCCC1)C2. The van der Waals surface area contributed by atoms with Gasteiger partial charge in [-0.1, -0.05) is 6.42 Å². The second-order valence-electron chi connectivity index (χ2n) is 9.57. The molecule has 182 valence electrons. The highest BCUT2D eigenvalue weighted by atomic mass is 16.2. The molecule has 33 heavy (non-hydrogen) atoms. The van der Waals surface area contributed by atoms with Crippen molar-refractivity contribution >= 4 is 17.7 Å². The van der Waals surface area contributed by atoms with E-state index >= 15 is 0 Å². The average molecular weight is 459 g/mol. The number of likely N-dealkylation sites (tertiary alicyclic amines) is 2. The lowest BCUT2D eigenvalue weighted by Crippen LogP contribution is -2.38. The highest BCUT2D eigenvalue weighted by Gasteiger charge is 2.32. The molecule has 0 bridgehead atoms. The summed E-state index contributed by atoms with van der Waals surface area (Å²) in [5.74, 6) is -0.124. The third-order valence-corrected chi connectivity index (χ3v) is 7.18. The average Bonchev–Trinajstić information content (AvgIpc) is 3.49. The van der Waals surface area contributed by atoms with Crippen LogP contribution in [0, 0.1) is 0 Å². The Kier molecular flexibility index (Phi) is 8.01. The van der Waals surface area contributed by atoms with E-state index < -0.39 is 0 Å². The first-order valence-corrected chi connectivity index (χ1v) is 12.6. The van der Waals surface area contributed by atoms with Crippen LogP contribution < -0.4 is 5.32 Å². The van der Waals surface area contributed by atoms with Crippen LogP contribution >= 0.6 is 0 Å². The van der Waals surface area contributed by atoms with Crippen LogP contribution in [0.25, 0.3) is 0 Å². The number of nitrogens with zero attached hydrogens (tertiary/aromatic N) is 5. The van der Waals surface area contributed by atoms with E-state index in [9.17, 15) is 14.4 Å². The number of carbonyl (C=O) groups excluding carboxylic acids is 3. The molecule has 3 aliphatic rings. The van der Waals surface area contributed by atoms with E-state index in [0.29, 0.717) is 31.7 Å². The van der Waals surface area contributed by atoms with Gasteiger partial charge in [-0.15, -0.1) is 0 Å². The first kappa shape index (κ1) is 23.7. The molecule has 9 heteroatoms. The summed E-state index contributed by atoms with van der Waals surface area (Å²) in [6.07, 6.45) is 7.98. The fourth-order valence-electron chi connectivity index (χ4n) is 5.23. The van der Waals surface area contributed by atoms with E-state index in [0.717, 1.165) is 50.2 Å². The molecule has 3 aliphatic heterocycles. The summed E-state index contributed by atoms with van der Waals surface area (Å²) in [4.78, 5) is 44.1. The largest absolute Gasteiger partial charge is 0.356 e. The van der Waals surface area contributed by atoms with Gasteiger partial charge >= 0.3 is 0 Å². The van der Waals surface area contributed by atoms with E-state index in [-0.39, 0.29) is 30.6 Å². The molecule has 4 rings (SSSR count). The van der Waals surface area contributed by atoms with Crippen LogP contribution in [0.1, 0.15) is 73.1 Å².